The average Bonchev–Trinajstić information content (AvgIpc) is 3.09. The number of carbonyl (C=O) groups is 1. The molecule has 1 amide bonds. The van der Waals surface area contributed by atoms with Crippen molar-refractivity contribution in [1.29, 1.82) is 0 Å². The molecule has 2 saturated heterocycles. The zero-order valence-electron chi connectivity index (χ0n) is 18.0. The molecule has 0 saturated carbocycles. The van der Waals surface area contributed by atoms with Crippen molar-refractivity contribution >= 4 is 17.5 Å². The summed E-state index contributed by atoms with van der Waals surface area (Å²) < 4.78 is 38.7. The number of hydrogen-bond donors (Lipinski definition) is 0. The van der Waals surface area contributed by atoms with Crippen molar-refractivity contribution in [3.63, 3.8) is 0 Å². The number of rotatable bonds is 4. The van der Waals surface area contributed by atoms with Crippen molar-refractivity contribution in [2.24, 2.45) is 0 Å². The topological polar surface area (TPSA) is 52.6 Å². The van der Waals surface area contributed by atoms with E-state index in [0.29, 0.717) is 31.7 Å². The van der Waals surface area contributed by atoms with Gasteiger partial charge in [-0.1, -0.05) is 31.0 Å². The summed E-state index contributed by atoms with van der Waals surface area (Å²) in [7, 11) is 0. The van der Waals surface area contributed by atoms with Crippen molar-refractivity contribution < 1.29 is 18.0 Å². The minimum absolute atomic E-state index is 0.0335. The number of hydrogen-bond acceptors (Lipinski definition) is 5. The van der Waals surface area contributed by atoms with Crippen molar-refractivity contribution in [2.75, 3.05) is 49.1 Å². The van der Waals surface area contributed by atoms with E-state index >= 15 is 0 Å². The Labute approximate surface area is 186 Å². The minimum atomic E-state index is -4.41. The zero-order valence-corrected chi connectivity index (χ0v) is 18.0. The van der Waals surface area contributed by atoms with E-state index in [2.05, 4.69) is 20.0 Å². The van der Waals surface area contributed by atoms with Gasteiger partial charge < -0.3 is 14.7 Å². The molecule has 1 aromatic carbocycles. The van der Waals surface area contributed by atoms with E-state index < -0.39 is 11.7 Å². The van der Waals surface area contributed by atoms with Crippen LogP contribution < -0.4 is 9.80 Å². The van der Waals surface area contributed by atoms with Crippen LogP contribution in [-0.4, -0.2) is 60.3 Å². The number of halogens is 3. The minimum Gasteiger partial charge on any atom is -0.355 e. The Balaban J connectivity index is 1.30. The Morgan fingerprint density at radius 3 is 1.97 bits per heavy atom. The maximum absolute atomic E-state index is 12.9. The predicted molar refractivity (Wildman–Crippen MR) is 117 cm³/mol. The van der Waals surface area contributed by atoms with Crippen LogP contribution in [0.25, 0.3) is 0 Å². The molecule has 6 nitrogen and oxygen atoms in total. The number of piperazine rings is 1. The number of alkyl halides is 3. The third kappa shape index (κ3) is 5.49. The zero-order chi connectivity index (χ0) is 22.6. The van der Waals surface area contributed by atoms with E-state index in [0.717, 1.165) is 36.9 Å². The molecule has 0 spiro atoms. The van der Waals surface area contributed by atoms with Gasteiger partial charge in [0.1, 0.15) is 0 Å². The fraction of sp³-hybridized carbons (Fsp3) is 0.522. The number of benzene rings is 1. The molecule has 2 aliphatic rings. The maximum Gasteiger partial charge on any atom is 0.416 e. The molecule has 0 N–H and O–H groups in total. The number of aromatic nitrogens is 2. The van der Waals surface area contributed by atoms with Gasteiger partial charge in [-0.15, -0.1) is 10.2 Å². The smallest absolute Gasteiger partial charge is 0.355 e. The average molecular weight is 448 g/mol. The molecular weight excluding hydrogens is 419 g/mol. The molecule has 1 aromatic heterocycles. The fourth-order valence-electron chi connectivity index (χ4n) is 4.28. The molecule has 3 heterocycles. The molecule has 0 aliphatic carbocycles. The molecule has 32 heavy (non-hydrogen) atoms. The van der Waals surface area contributed by atoms with Crippen LogP contribution in [0.3, 0.4) is 0 Å². The molecule has 2 aromatic rings. The summed E-state index contributed by atoms with van der Waals surface area (Å²) in [6, 6.07) is 8.97. The predicted octanol–water partition coefficient (Wildman–Crippen LogP) is 3.77. The molecule has 0 atom stereocenters. The second-order valence-electron chi connectivity index (χ2n) is 8.39. The first-order valence-corrected chi connectivity index (χ1v) is 11.2. The van der Waals surface area contributed by atoms with Gasteiger partial charge in [0.15, 0.2) is 11.6 Å². The quantitative estimate of drug-likeness (QED) is 0.714. The number of carbonyl (C=O) groups excluding carboxylic acids is 1. The molecule has 0 bridgehead atoms. The van der Waals surface area contributed by atoms with E-state index in [4.69, 9.17) is 0 Å². The van der Waals surface area contributed by atoms with Gasteiger partial charge in [0.2, 0.25) is 5.91 Å². The van der Waals surface area contributed by atoms with Gasteiger partial charge in [-0.2, -0.15) is 13.2 Å². The molecule has 2 fully saturated rings. The Hall–Kier alpha value is -2.84. The van der Waals surface area contributed by atoms with Crippen LogP contribution in [0, 0.1) is 0 Å². The van der Waals surface area contributed by atoms with Gasteiger partial charge in [0.05, 0.1) is 12.0 Å². The van der Waals surface area contributed by atoms with Crippen molar-refractivity contribution in [3.05, 3.63) is 47.5 Å². The molecule has 0 unspecified atom stereocenters. The van der Waals surface area contributed by atoms with Crippen LogP contribution in [-0.2, 0) is 17.4 Å². The molecule has 172 valence electrons. The Bertz CT molecular complexity index is 903. The number of anilines is 2. The summed E-state index contributed by atoms with van der Waals surface area (Å²) >= 11 is 0. The monoisotopic (exact) mass is 447 g/mol. The summed E-state index contributed by atoms with van der Waals surface area (Å²) in [6.07, 6.45) is 0.445. The van der Waals surface area contributed by atoms with Crippen molar-refractivity contribution in [3.8, 4) is 0 Å². The lowest BCUT2D eigenvalue weighted by Crippen LogP contribution is -2.49. The SMILES string of the molecule is O=C(Cc1cccc(C(F)(F)F)c1)N1CCN(c2ccc(N3CCCCCC3)nn2)CC1. The highest BCUT2D eigenvalue weighted by molar-refractivity contribution is 5.79. The molecule has 9 heteroatoms. The van der Waals surface area contributed by atoms with E-state index in [1.807, 2.05) is 12.1 Å². The molecular formula is C23H28F3N5O. The van der Waals surface area contributed by atoms with Gasteiger partial charge in [0, 0.05) is 39.3 Å². The lowest BCUT2D eigenvalue weighted by Gasteiger charge is -2.35. The van der Waals surface area contributed by atoms with Gasteiger partial charge in [-0.25, -0.2) is 0 Å². The van der Waals surface area contributed by atoms with Gasteiger partial charge >= 0.3 is 6.18 Å². The van der Waals surface area contributed by atoms with Crippen LogP contribution in [0.4, 0.5) is 24.8 Å². The second-order valence-corrected chi connectivity index (χ2v) is 8.39. The van der Waals surface area contributed by atoms with Gasteiger partial charge in [-0.3, -0.25) is 4.79 Å². The van der Waals surface area contributed by atoms with Gasteiger partial charge in [-0.05, 0) is 36.6 Å². The van der Waals surface area contributed by atoms with E-state index in [1.54, 1.807) is 11.0 Å². The normalized spacial score (nSPS) is 17.9. The van der Waals surface area contributed by atoms with Gasteiger partial charge in [0.25, 0.3) is 0 Å². The lowest BCUT2D eigenvalue weighted by molar-refractivity contribution is -0.138. The summed E-state index contributed by atoms with van der Waals surface area (Å²) in [5.41, 5.74) is -0.350. The molecule has 2 aliphatic heterocycles. The highest BCUT2D eigenvalue weighted by Crippen LogP contribution is 2.29. The van der Waals surface area contributed by atoms with E-state index in [1.165, 1.54) is 31.7 Å². The Morgan fingerprint density at radius 2 is 1.41 bits per heavy atom. The van der Waals surface area contributed by atoms with Crippen LogP contribution in [0.5, 0.6) is 0 Å². The lowest BCUT2D eigenvalue weighted by atomic mass is 10.1. The third-order valence-electron chi connectivity index (χ3n) is 6.13. The summed E-state index contributed by atoms with van der Waals surface area (Å²) in [5, 5.41) is 8.82. The van der Waals surface area contributed by atoms with E-state index in [9.17, 15) is 18.0 Å². The largest absolute Gasteiger partial charge is 0.416 e. The van der Waals surface area contributed by atoms with Crippen molar-refractivity contribution in [2.45, 2.75) is 38.3 Å². The third-order valence-corrected chi connectivity index (χ3v) is 6.13. The summed E-state index contributed by atoms with van der Waals surface area (Å²) in [4.78, 5) is 18.7. The number of nitrogens with zero attached hydrogens (tertiary/aromatic N) is 5. The fourth-order valence-corrected chi connectivity index (χ4v) is 4.28. The molecule has 0 radical (unpaired) electrons. The van der Waals surface area contributed by atoms with Crippen molar-refractivity contribution in [1.82, 2.24) is 15.1 Å². The highest BCUT2D eigenvalue weighted by Gasteiger charge is 2.31. The van der Waals surface area contributed by atoms with Crippen LogP contribution in [0.2, 0.25) is 0 Å². The first-order chi connectivity index (χ1) is 15.4. The summed E-state index contributed by atoms with van der Waals surface area (Å²) in [5.74, 6) is 1.53. The summed E-state index contributed by atoms with van der Waals surface area (Å²) in [6.45, 7) is 4.28. The standard InChI is InChI=1S/C23H28F3N5O/c24-23(25,26)19-7-5-6-18(16-19)17-22(32)31-14-12-30(13-15-31)21-9-8-20(27-28-21)29-10-3-1-2-4-11-29/h5-9,16H,1-4,10-15,17H2. The molecule has 4 rings (SSSR count). The van der Waals surface area contributed by atoms with Crippen LogP contribution in [0.1, 0.15) is 36.8 Å². The Kier molecular flexibility index (Phi) is 6.81. The highest BCUT2D eigenvalue weighted by atomic mass is 19.4. The maximum atomic E-state index is 12.9. The second kappa shape index (κ2) is 9.75. The first-order valence-electron chi connectivity index (χ1n) is 11.2. The Morgan fingerprint density at radius 1 is 0.812 bits per heavy atom. The number of amides is 1. The van der Waals surface area contributed by atoms with Crippen LogP contribution in [0.15, 0.2) is 36.4 Å². The first kappa shape index (κ1) is 22.4. The van der Waals surface area contributed by atoms with Crippen LogP contribution >= 0.6 is 0 Å². The van der Waals surface area contributed by atoms with E-state index in [-0.39, 0.29) is 12.3 Å².